The van der Waals surface area contributed by atoms with Gasteiger partial charge in [0.1, 0.15) is 6.29 Å². The molecule has 0 aliphatic rings. The van der Waals surface area contributed by atoms with Gasteiger partial charge >= 0.3 is 0 Å². The monoisotopic (exact) mass is 287 g/mol. The first kappa shape index (κ1) is 13.7. The SMILES string of the molecule is N#Cc1ccc2[nH]ccc2c1.O=Cc1ccc2[nH]ccc2c1. The van der Waals surface area contributed by atoms with Crippen LogP contribution in [0.5, 0.6) is 0 Å². The summed E-state index contributed by atoms with van der Waals surface area (Å²) in [5.41, 5.74) is 3.56. The van der Waals surface area contributed by atoms with Crippen molar-refractivity contribution < 1.29 is 4.79 Å². The zero-order valence-electron chi connectivity index (χ0n) is 11.7. The van der Waals surface area contributed by atoms with E-state index in [9.17, 15) is 4.79 Å². The number of hydrogen-bond acceptors (Lipinski definition) is 2. The predicted octanol–water partition coefficient (Wildman–Crippen LogP) is 4.02. The van der Waals surface area contributed by atoms with Crippen molar-refractivity contribution in [3.05, 3.63) is 72.1 Å². The molecule has 2 aromatic carbocycles. The third-order valence-corrected chi connectivity index (χ3v) is 3.40. The van der Waals surface area contributed by atoms with E-state index in [2.05, 4.69) is 16.0 Å². The Morgan fingerprint density at radius 1 is 0.864 bits per heavy atom. The van der Waals surface area contributed by atoms with Crippen LogP contribution in [-0.2, 0) is 0 Å². The van der Waals surface area contributed by atoms with E-state index in [1.165, 1.54) is 0 Å². The number of benzene rings is 2. The molecule has 0 saturated carbocycles. The standard InChI is InChI=1S/C9H6N2.C9H7NO/c10-6-7-1-2-9-8(5-7)3-4-11-9;11-6-7-1-2-9-8(5-7)3-4-10-9/h1-5,11H;1-6,10H. The summed E-state index contributed by atoms with van der Waals surface area (Å²) >= 11 is 0. The fourth-order valence-electron chi connectivity index (χ4n) is 2.27. The Hall–Kier alpha value is -3.32. The molecule has 4 nitrogen and oxygen atoms in total. The molecule has 4 rings (SSSR count). The van der Waals surface area contributed by atoms with Crippen molar-refractivity contribution in [1.29, 1.82) is 5.26 Å². The molecule has 0 fully saturated rings. The summed E-state index contributed by atoms with van der Waals surface area (Å²) < 4.78 is 0. The van der Waals surface area contributed by atoms with E-state index >= 15 is 0 Å². The second-order valence-electron chi connectivity index (χ2n) is 4.83. The van der Waals surface area contributed by atoms with Crippen molar-refractivity contribution in [2.24, 2.45) is 0 Å². The molecule has 0 radical (unpaired) electrons. The molecule has 4 heteroatoms. The maximum absolute atomic E-state index is 10.4. The van der Waals surface area contributed by atoms with Crippen LogP contribution < -0.4 is 0 Å². The van der Waals surface area contributed by atoms with E-state index in [0.717, 1.165) is 33.7 Å². The molecular formula is C18H13N3O. The highest BCUT2D eigenvalue weighted by Gasteiger charge is 1.94. The summed E-state index contributed by atoms with van der Waals surface area (Å²) in [4.78, 5) is 16.5. The first-order valence-corrected chi connectivity index (χ1v) is 6.80. The molecule has 2 heterocycles. The van der Waals surface area contributed by atoms with Crippen LogP contribution in [0.2, 0.25) is 0 Å². The average Bonchev–Trinajstić information content (AvgIpc) is 3.22. The molecule has 2 aromatic heterocycles. The van der Waals surface area contributed by atoms with Gasteiger partial charge in [-0.15, -0.1) is 0 Å². The molecule has 0 spiro atoms. The molecule has 0 aliphatic carbocycles. The minimum absolute atomic E-state index is 0.706. The first-order chi connectivity index (χ1) is 10.8. The quantitative estimate of drug-likeness (QED) is 0.519. The van der Waals surface area contributed by atoms with E-state index in [-0.39, 0.29) is 0 Å². The molecule has 2 N–H and O–H groups in total. The van der Waals surface area contributed by atoms with E-state index in [1.807, 2.05) is 48.8 Å². The van der Waals surface area contributed by atoms with Crippen molar-refractivity contribution in [2.75, 3.05) is 0 Å². The van der Waals surface area contributed by atoms with Gasteiger partial charge in [0.2, 0.25) is 0 Å². The van der Waals surface area contributed by atoms with Gasteiger partial charge in [0.15, 0.2) is 0 Å². The van der Waals surface area contributed by atoms with Gasteiger partial charge in [-0.1, -0.05) is 0 Å². The van der Waals surface area contributed by atoms with Gasteiger partial charge in [-0.05, 0) is 48.5 Å². The molecule has 4 aromatic rings. The number of aldehydes is 1. The average molecular weight is 287 g/mol. The van der Waals surface area contributed by atoms with Crippen LogP contribution in [0, 0.1) is 11.3 Å². The Morgan fingerprint density at radius 3 is 2.14 bits per heavy atom. The normalized spacial score (nSPS) is 9.95. The van der Waals surface area contributed by atoms with Crippen LogP contribution in [0.3, 0.4) is 0 Å². The molecule has 0 unspecified atom stereocenters. The summed E-state index contributed by atoms with van der Waals surface area (Å²) in [5, 5.41) is 10.7. The fraction of sp³-hybridized carbons (Fsp3) is 0. The number of nitriles is 1. The highest BCUT2D eigenvalue weighted by molar-refractivity contribution is 5.87. The van der Waals surface area contributed by atoms with Crippen LogP contribution in [0.1, 0.15) is 15.9 Å². The third-order valence-electron chi connectivity index (χ3n) is 3.40. The van der Waals surface area contributed by atoms with E-state index in [0.29, 0.717) is 5.56 Å². The number of hydrogen-bond donors (Lipinski definition) is 2. The summed E-state index contributed by atoms with van der Waals surface area (Å²) in [6.45, 7) is 0. The lowest BCUT2D eigenvalue weighted by molar-refractivity contribution is 0.112. The topological polar surface area (TPSA) is 72.4 Å². The van der Waals surface area contributed by atoms with Gasteiger partial charge in [0.25, 0.3) is 0 Å². The number of aromatic amines is 2. The summed E-state index contributed by atoms with van der Waals surface area (Å²) in [6.07, 6.45) is 4.58. The highest BCUT2D eigenvalue weighted by Crippen LogP contribution is 2.13. The number of nitrogens with zero attached hydrogens (tertiary/aromatic N) is 1. The molecular weight excluding hydrogens is 274 g/mol. The van der Waals surface area contributed by atoms with Gasteiger partial charge in [0.05, 0.1) is 11.6 Å². The fourth-order valence-corrected chi connectivity index (χ4v) is 2.27. The smallest absolute Gasteiger partial charge is 0.150 e. The van der Waals surface area contributed by atoms with Crippen molar-refractivity contribution in [3.63, 3.8) is 0 Å². The molecule has 0 atom stereocenters. The predicted molar refractivity (Wildman–Crippen MR) is 86.7 cm³/mol. The Balaban J connectivity index is 0.000000131. The maximum atomic E-state index is 10.4. The first-order valence-electron chi connectivity index (χ1n) is 6.80. The minimum Gasteiger partial charge on any atom is -0.361 e. The molecule has 0 saturated heterocycles. The van der Waals surface area contributed by atoms with Gasteiger partial charge in [-0.2, -0.15) is 5.26 Å². The van der Waals surface area contributed by atoms with Crippen molar-refractivity contribution in [3.8, 4) is 6.07 Å². The number of H-pyrrole nitrogens is 2. The van der Waals surface area contributed by atoms with E-state index in [4.69, 9.17) is 5.26 Å². The summed E-state index contributed by atoms with van der Waals surface area (Å²) in [7, 11) is 0. The molecule has 0 aliphatic heterocycles. The number of nitrogens with one attached hydrogen (secondary N) is 2. The van der Waals surface area contributed by atoms with Gasteiger partial charge in [-0.3, -0.25) is 4.79 Å². The van der Waals surface area contributed by atoms with Gasteiger partial charge in [-0.25, -0.2) is 0 Å². The Morgan fingerprint density at radius 2 is 1.50 bits per heavy atom. The molecule has 22 heavy (non-hydrogen) atoms. The van der Waals surface area contributed by atoms with Crippen molar-refractivity contribution >= 4 is 28.1 Å². The van der Waals surface area contributed by atoms with Crippen LogP contribution in [-0.4, -0.2) is 16.3 Å². The van der Waals surface area contributed by atoms with E-state index in [1.54, 1.807) is 12.1 Å². The number of aromatic nitrogens is 2. The maximum Gasteiger partial charge on any atom is 0.150 e. The number of carbonyl (C=O) groups excluding carboxylic acids is 1. The second-order valence-corrected chi connectivity index (χ2v) is 4.83. The van der Waals surface area contributed by atoms with Gasteiger partial charge < -0.3 is 9.97 Å². The van der Waals surface area contributed by atoms with E-state index < -0.39 is 0 Å². The number of rotatable bonds is 1. The second kappa shape index (κ2) is 5.98. The third kappa shape index (κ3) is 2.74. The summed E-state index contributed by atoms with van der Waals surface area (Å²) in [5.74, 6) is 0. The van der Waals surface area contributed by atoms with Crippen LogP contribution in [0.4, 0.5) is 0 Å². The Bertz CT molecular complexity index is 973. The largest absolute Gasteiger partial charge is 0.361 e. The lowest BCUT2D eigenvalue weighted by Gasteiger charge is -1.89. The van der Waals surface area contributed by atoms with Crippen LogP contribution in [0.15, 0.2) is 60.9 Å². The molecule has 0 bridgehead atoms. The lowest BCUT2D eigenvalue weighted by atomic mass is 10.2. The Labute approximate surface area is 127 Å². The molecule has 0 amide bonds. The summed E-state index contributed by atoms with van der Waals surface area (Å²) in [6, 6.07) is 17.1. The number of fused-ring (bicyclic) bond motifs is 2. The van der Waals surface area contributed by atoms with Crippen molar-refractivity contribution in [1.82, 2.24) is 9.97 Å². The zero-order chi connectivity index (χ0) is 15.4. The van der Waals surface area contributed by atoms with Crippen LogP contribution in [0.25, 0.3) is 21.8 Å². The minimum atomic E-state index is 0.706. The van der Waals surface area contributed by atoms with Crippen LogP contribution >= 0.6 is 0 Å². The Kier molecular flexibility index (Phi) is 3.71. The highest BCUT2D eigenvalue weighted by atomic mass is 16.1. The zero-order valence-corrected chi connectivity index (χ0v) is 11.7. The van der Waals surface area contributed by atoms with Crippen molar-refractivity contribution in [2.45, 2.75) is 0 Å². The molecule has 106 valence electrons. The number of carbonyl (C=O) groups is 1. The van der Waals surface area contributed by atoms with Gasteiger partial charge in [0, 0.05) is 39.8 Å². The lowest BCUT2D eigenvalue weighted by Crippen LogP contribution is -1.76.